The normalized spacial score (nSPS) is 16.1. The van der Waals surface area contributed by atoms with Gasteiger partial charge >= 0.3 is 0 Å². The van der Waals surface area contributed by atoms with Crippen LogP contribution in [0.5, 0.6) is 11.5 Å². The van der Waals surface area contributed by atoms with E-state index >= 15 is 0 Å². The molecule has 0 aromatic heterocycles. The van der Waals surface area contributed by atoms with Gasteiger partial charge in [0.1, 0.15) is 6.04 Å². The van der Waals surface area contributed by atoms with Crippen molar-refractivity contribution in [2.24, 2.45) is 0 Å². The van der Waals surface area contributed by atoms with Crippen LogP contribution < -0.4 is 14.8 Å². The molecule has 3 rings (SSSR count). The Balaban J connectivity index is 2.01. The topological polar surface area (TPSA) is 58.9 Å². The zero-order valence-electron chi connectivity index (χ0n) is 14.2. The van der Waals surface area contributed by atoms with E-state index in [9.17, 15) is 0 Å². The fourth-order valence-corrected chi connectivity index (χ4v) is 3.27. The summed E-state index contributed by atoms with van der Waals surface area (Å²) in [7, 11) is 0. The largest absolute Gasteiger partial charge is 0.490 e. The van der Waals surface area contributed by atoms with Crippen molar-refractivity contribution in [3.63, 3.8) is 0 Å². The molecule has 1 atom stereocenters. The molecular formula is C20H23N2O2+. The number of ether oxygens (including phenoxy) is 2. The van der Waals surface area contributed by atoms with E-state index in [1.807, 2.05) is 38.1 Å². The highest BCUT2D eigenvalue weighted by Gasteiger charge is 2.27. The third-order valence-corrected chi connectivity index (χ3v) is 4.36. The highest BCUT2D eigenvalue weighted by atomic mass is 16.5. The molecule has 2 aromatic rings. The van der Waals surface area contributed by atoms with Gasteiger partial charge in [-0.2, -0.15) is 5.26 Å². The van der Waals surface area contributed by atoms with Crippen LogP contribution in [-0.2, 0) is 6.42 Å². The second kappa shape index (κ2) is 7.37. The van der Waals surface area contributed by atoms with E-state index in [4.69, 9.17) is 14.7 Å². The molecule has 0 amide bonds. The minimum absolute atomic E-state index is 0.233. The third kappa shape index (κ3) is 3.22. The lowest BCUT2D eigenvalue weighted by Crippen LogP contribution is -2.87. The fourth-order valence-electron chi connectivity index (χ4n) is 3.27. The number of hydrogen-bond acceptors (Lipinski definition) is 3. The molecule has 1 aliphatic rings. The minimum Gasteiger partial charge on any atom is -0.490 e. The van der Waals surface area contributed by atoms with Gasteiger partial charge in [0.2, 0.25) is 0 Å². The Kier molecular flexibility index (Phi) is 5.02. The first-order chi connectivity index (χ1) is 11.8. The molecule has 4 nitrogen and oxygen atoms in total. The van der Waals surface area contributed by atoms with E-state index < -0.39 is 0 Å². The lowest BCUT2D eigenvalue weighted by molar-refractivity contribution is -0.690. The molecule has 0 aliphatic carbocycles. The van der Waals surface area contributed by atoms with Gasteiger partial charge in [-0.05, 0) is 43.7 Å². The zero-order chi connectivity index (χ0) is 16.9. The van der Waals surface area contributed by atoms with Gasteiger partial charge in [-0.3, -0.25) is 0 Å². The summed E-state index contributed by atoms with van der Waals surface area (Å²) in [5.74, 6) is 1.64. The molecule has 0 radical (unpaired) electrons. The molecule has 1 heterocycles. The third-order valence-electron chi connectivity index (χ3n) is 4.36. The summed E-state index contributed by atoms with van der Waals surface area (Å²) in [6, 6.07) is 14.5. The predicted octanol–water partition coefficient (Wildman–Crippen LogP) is 2.56. The highest BCUT2D eigenvalue weighted by Crippen LogP contribution is 2.36. The first-order valence-electron chi connectivity index (χ1n) is 8.52. The second-order valence-electron chi connectivity index (χ2n) is 5.85. The van der Waals surface area contributed by atoms with E-state index in [1.165, 1.54) is 16.7 Å². The van der Waals surface area contributed by atoms with E-state index in [0.29, 0.717) is 18.8 Å². The number of fused-ring (bicyclic) bond motifs is 1. The molecule has 1 unspecified atom stereocenters. The van der Waals surface area contributed by atoms with Crippen molar-refractivity contribution < 1.29 is 14.8 Å². The van der Waals surface area contributed by atoms with E-state index in [2.05, 4.69) is 23.5 Å². The Morgan fingerprint density at radius 2 is 1.75 bits per heavy atom. The zero-order valence-corrected chi connectivity index (χ0v) is 14.2. The minimum atomic E-state index is 0.233. The van der Waals surface area contributed by atoms with Gasteiger partial charge < -0.3 is 14.8 Å². The van der Waals surface area contributed by atoms with Crippen molar-refractivity contribution in [3.05, 3.63) is 58.7 Å². The molecular weight excluding hydrogens is 300 g/mol. The van der Waals surface area contributed by atoms with Crippen molar-refractivity contribution >= 4 is 0 Å². The monoisotopic (exact) mass is 323 g/mol. The van der Waals surface area contributed by atoms with Gasteiger partial charge in [0.05, 0.1) is 31.4 Å². The predicted molar refractivity (Wildman–Crippen MR) is 92.3 cm³/mol. The average molecular weight is 323 g/mol. The summed E-state index contributed by atoms with van der Waals surface area (Å²) in [6.45, 7) is 6.26. The van der Waals surface area contributed by atoms with E-state index in [0.717, 1.165) is 24.5 Å². The quantitative estimate of drug-likeness (QED) is 0.920. The first kappa shape index (κ1) is 16.4. The Bertz CT molecular complexity index is 747. The number of quaternary nitrogens is 1. The van der Waals surface area contributed by atoms with E-state index in [-0.39, 0.29) is 6.04 Å². The Morgan fingerprint density at radius 3 is 2.38 bits per heavy atom. The maximum atomic E-state index is 8.98. The van der Waals surface area contributed by atoms with Crippen LogP contribution >= 0.6 is 0 Å². The highest BCUT2D eigenvalue weighted by molar-refractivity contribution is 5.50. The summed E-state index contributed by atoms with van der Waals surface area (Å²) in [5.41, 5.74) is 4.50. The second-order valence-corrected chi connectivity index (χ2v) is 5.85. The van der Waals surface area contributed by atoms with Crippen LogP contribution in [0.1, 0.15) is 42.1 Å². The molecule has 2 N–H and O–H groups in total. The summed E-state index contributed by atoms with van der Waals surface area (Å²) in [4.78, 5) is 0. The molecule has 0 saturated heterocycles. The Labute approximate surface area is 143 Å². The van der Waals surface area contributed by atoms with Gasteiger partial charge in [0.15, 0.2) is 11.5 Å². The summed E-state index contributed by atoms with van der Waals surface area (Å²) in [5, 5.41) is 11.3. The maximum absolute atomic E-state index is 8.98. The van der Waals surface area contributed by atoms with Crippen LogP contribution in [0.3, 0.4) is 0 Å². The molecule has 4 heteroatoms. The first-order valence-corrected chi connectivity index (χ1v) is 8.52. The van der Waals surface area contributed by atoms with Crippen molar-refractivity contribution in [1.82, 2.24) is 0 Å². The number of rotatable bonds is 5. The summed E-state index contributed by atoms with van der Waals surface area (Å²) < 4.78 is 11.6. The van der Waals surface area contributed by atoms with Crippen LogP contribution in [0.25, 0.3) is 0 Å². The van der Waals surface area contributed by atoms with Crippen LogP contribution in [0, 0.1) is 11.3 Å². The van der Waals surface area contributed by atoms with Gasteiger partial charge in [0.25, 0.3) is 0 Å². The number of hydrogen-bond donors (Lipinski definition) is 1. The van der Waals surface area contributed by atoms with E-state index in [1.54, 1.807) is 0 Å². The van der Waals surface area contributed by atoms with Crippen LogP contribution in [0.15, 0.2) is 36.4 Å². The lowest BCUT2D eigenvalue weighted by atomic mass is 9.89. The van der Waals surface area contributed by atoms with Crippen LogP contribution in [0.2, 0.25) is 0 Å². The number of nitriles is 1. The number of benzene rings is 2. The maximum Gasteiger partial charge on any atom is 0.161 e. The smallest absolute Gasteiger partial charge is 0.161 e. The lowest BCUT2D eigenvalue weighted by Gasteiger charge is -2.26. The molecule has 0 saturated carbocycles. The fraction of sp³-hybridized carbons (Fsp3) is 0.350. The average Bonchev–Trinajstić information content (AvgIpc) is 2.62. The standard InChI is InChI=1S/C20H22N2O2/c1-3-23-18-11-16-9-10-22-20(17(16)12-19(18)24-4-2)15-7-5-14(13-21)6-8-15/h5-8,11-12,20,22H,3-4,9-10H2,1-2H3/p+1. The Morgan fingerprint density at radius 1 is 1.08 bits per heavy atom. The number of nitrogens with two attached hydrogens (primary N) is 1. The molecule has 24 heavy (non-hydrogen) atoms. The molecule has 124 valence electrons. The van der Waals surface area contributed by atoms with Gasteiger partial charge in [-0.1, -0.05) is 12.1 Å². The number of nitrogens with zero attached hydrogens (tertiary/aromatic N) is 1. The van der Waals surface area contributed by atoms with Gasteiger partial charge in [-0.25, -0.2) is 0 Å². The summed E-state index contributed by atoms with van der Waals surface area (Å²) >= 11 is 0. The molecule has 0 spiro atoms. The van der Waals surface area contributed by atoms with Crippen LogP contribution in [-0.4, -0.2) is 19.8 Å². The van der Waals surface area contributed by atoms with Crippen molar-refractivity contribution in [2.45, 2.75) is 26.3 Å². The molecule has 2 aromatic carbocycles. The van der Waals surface area contributed by atoms with Crippen LogP contribution in [0.4, 0.5) is 0 Å². The van der Waals surface area contributed by atoms with Gasteiger partial charge in [-0.15, -0.1) is 0 Å². The van der Waals surface area contributed by atoms with Gasteiger partial charge in [0, 0.05) is 17.5 Å². The molecule has 0 bridgehead atoms. The SMILES string of the molecule is CCOc1cc2c(cc1OCC)C(c1ccc(C#N)cc1)[NH2+]CC2. The van der Waals surface area contributed by atoms with Crippen molar-refractivity contribution in [1.29, 1.82) is 5.26 Å². The van der Waals surface area contributed by atoms with Crippen molar-refractivity contribution in [2.75, 3.05) is 19.8 Å². The Hall–Kier alpha value is -2.51. The molecule has 1 aliphatic heterocycles. The summed E-state index contributed by atoms with van der Waals surface area (Å²) in [6.07, 6.45) is 1.02. The van der Waals surface area contributed by atoms with Crippen molar-refractivity contribution in [3.8, 4) is 17.6 Å². The molecule has 0 fully saturated rings.